The van der Waals surface area contributed by atoms with Crippen molar-refractivity contribution in [3.63, 3.8) is 0 Å². The van der Waals surface area contributed by atoms with Crippen molar-refractivity contribution in [2.45, 2.75) is 41.5 Å². The predicted octanol–water partition coefficient (Wildman–Crippen LogP) is 10.1. The van der Waals surface area contributed by atoms with E-state index in [0.29, 0.717) is 5.56 Å². The first-order valence-electron chi connectivity index (χ1n) is 16.4. The molecule has 8 heteroatoms. The van der Waals surface area contributed by atoms with Crippen molar-refractivity contribution in [1.29, 1.82) is 0 Å². The van der Waals surface area contributed by atoms with E-state index in [0.717, 1.165) is 28.5 Å². The van der Waals surface area contributed by atoms with Gasteiger partial charge in [0.05, 0.1) is 21.3 Å². The first kappa shape index (κ1) is 46.0. The molecule has 0 aromatic heterocycles. The fraction of sp³-hybridized carbons (Fsp3) is 0.227. The molecule has 5 aromatic rings. The molecule has 8 nitrogen and oxygen atoms in total. The van der Waals surface area contributed by atoms with Crippen LogP contribution in [0.3, 0.4) is 0 Å². The Hall–Kier alpha value is -6.02. The van der Waals surface area contributed by atoms with Crippen LogP contribution < -0.4 is 19.5 Å². The van der Waals surface area contributed by atoms with E-state index in [1.165, 1.54) is 38.8 Å². The van der Waals surface area contributed by atoms with Gasteiger partial charge in [0.25, 0.3) is 0 Å². The SMILES string of the molecule is CC(=O)c1ccccc1.CC(C)=O.CC(C)=O.CNc1ccccc1.COc1ccc(-c2ccc(OC)cc2)cc1.COc1ccc(C(C)=O)cc1. The number of Topliss-reactive ketones (excluding diaryl/α,β-unsaturated/α-hetero) is 4. The summed E-state index contributed by atoms with van der Waals surface area (Å²) >= 11 is 0. The van der Waals surface area contributed by atoms with E-state index in [2.05, 4.69) is 5.32 Å². The number of hydrogen-bond donors (Lipinski definition) is 1. The van der Waals surface area contributed by atoms with E-state index in [9.17, 15) is 19.2 Å². The number of nitrogens with one attached hydrogen (secondary N) is 1. The van der Waals surface area contributed by atoms with Crippen molar-refractivity contribution >= 4 is 28.8 Å². The van der Waals surface area contributed by atoms with Gasteiger partial charge in [0.2, 0.25) is 0 Å². The Morgan fingerprint density at radius 1 is 0.404 bits per heavy atom. The molecule has 0 aliphatic rings. The normalized spacial score (nSPS) is 8.88. The van der Waals surface area contributed by atoms with E-state index >= 15 is 0 Å². The molecule has 1 N–H and O–H groups in total. The molecule has 0 saturated heterocycles. The second kappa shape index (κ2) is 27.8. The van der Waals surface area contributed by atoms with Crippen LogP contribution in [0.2, 0.25) is 0 Å². The summed E-state index contributed by atoms with van der Waals surface area (Å²) in [6, 6.07) is 42.3. The molecule has 0 aliphatic carbocycles. The molecule has 0 fully saturated rings. The van der Waals surface area contributed by atoms with Crippen LogP contribution in [0, 0.1) is 0 Å². The Morgan fingerprint density at radius 3 is 0.904 bits per heavy atom. The van der Waals surface area contributed by atoms with Gasteiger partial charge in [-0.15, -0.1) is 0 Å². The number of benzene rings is 5. The van der Waals surface area contributed by atoms with Crippen LogP contribution in [-0.2, 0) is 9.59 Å². The van der Waals surface area contributed by atoms with Gasteiger partial charge < -0.3 is 29.1 Å². The summed E-state index contributed by atoms with van der Waals surface area (Å²) in [5.41, 5.74) is 4.99. The van der Waals surface area contributed by atoms with Crippen molar-refractivity contribution < 1.29 is 33.4 Å². The Bertz CT molecular complexity index is 1640. The maximum absolute atomic E-state index is 10.8. The molecule has 0 heterocycles. The van der Waals surface area contributed by atoms with Crippen molar-refractivity contribution in [3.05, 3.63) is 145 Å². The van der Waals surface area contributed by atoms with Crippen LogP contribution in [0.25, 0.3) is 11.1 Å². The lowest BCUT2D eigenvalue weighted by Gasteiger charge is -2.05. The summed E-state index contributed by atoms with van der Waals surface area (Å²) in [6.07, 6.45) is 0. The molecule has 0 bridgehead atoms. The molecular formula is C44H53NO7. The van der Waals surface area contributed by atoms with Gasteiger partial charge >= 0.3 is 0 Å². The third-order valence-electron chi connectivity index (χ3n) is 6.25. The summed E-state index contributed by atoms with van der Waals surface area (Å²) in [6.45, 7) is 9.22. The lowest BCUT2D eigenvalue weighted by molar-refractivity contribution is -0.115. The zero-order chi connectivity index (χ0) is 39.3. The average Bonchev–Trinajstić information content (AvgIpc) is 3.16. The molecule has 0 unspecified atom stereocenters. The van der Waals surface area contributed by atoms with E-state index in [-0.39, 0.29) is 23.1 Å². The standard InChI is InChI=1S/C14H14O2.C9H10O2.C8H8O.C7H9N.2C3H6O/c1-15-13-7-3-11(4-8-13)12-5-9-14(16-2)10-6-12;1-7(10)8-3-5-9(11-2)6-4-8;1-7(9)8-5-3-2-4-6-8;1-8-7-5-3-2-4-6-7;2*1-3(2)4/h3-10H,1-2H3;3-6H,1-2H3;2-6H,1H3;2-6,8H,1H3;2*1-2H3. The number of anilines is 1. The van der Waals surface area contributed by atoms with Crippen molar-refractivity contribution in [2.75, 3.05) is 33.7 Å². The van der Waals surface area contributed by atoms with Crippen LogP contribution in [0.5, 0.6) is 17.2 Å². The molecule has 0 aliphatic heterocycles. The summed E-state index contributed by atoms with van der Waals surface area (Å²) in [5.74, 6) is 3.05. The highest BCUT2D eigenvalue weighted by Gasteiger charge is 1.99. The third-order valence-corrected chi connectivity index (χ3v) is 6.25. The van der Waals surface area contributed by atoms with Crippen LogP contribution in [0.4, 0.5) is 5.69 Å². The van der Waals surface area contributed by atoms with E-state index in [1.807, 2.05) is 116 Å². The average molecular weight is 708 g/mol. The molecule has 0 saturated carbocycles. The van der Waals surface area contributed by atoms with Gasteiger partial charge in [0, 0.05) is 23.9 Å². The van der Waals surface area contributed by atoms with Gasteiger partial charge in [0.15, 0.2) is 11.6 Å². The number of hydrogen-bond acceptors (Lipinski definition) is 8. The fourth-order valence-corrected chi connectivity index (χ4v) is 3.67. The van der Waals surface area contributed by atoms with E-state index < -0.39 is 0 Å². The van der Waals surface area contributed by atoms with Gasteiger partial charge in [0.1, 0.15) is 28.8 Å². The Kier molecular flexibility index (Phi) is 24.5. The molecular weight excluding hydrogens is 654 g/mol. The monoisotopic (exact) mass is 707 g/mol. The predicted molar refractivity (Wildman–Crippen MR) is 213 cm³/mol. The Labute approximate surface area is 309 Å². The summed E-state index contributed by atoms with van der Waals surface area (Å²) < 4.78 is 15.2. The number of carbonyl (C=O) groups excluding carboxylic acids is 4. The largest absolute Gasteiger partial charge is 0.497 e. The zero-order valence-electron chi connectivity index (χ0n) is 32.1. The minimum absolute atomic E-state index is 0.0765. The van der Waals surface area contributed by atoms with Crippen LogP contribution in [0.15, 0.2) is 133 Å². The lowest BCUT2D eigenvalue weighted by Crippen LogP contribution is -1.91. The van der Waals surface area contributed by atoms with Gasteiger partial charge in [-0.25, -0.2) is 0 Å². The molecule has 0 amide bonds. The summed E-state index contributed by atoms with van der Waals surface area (Å²) in [7, 11) is 6.85. The second-order valence-corrected chi connectivity index (χ2v) is 11.1. The minimum atomic E-state index is 0.0765. The lowest BCUT2D eigenvalue weighted by atomic mass is 10.1. The Morgan fingerprint density at radius 2 is 0.673 bits per heavy atom. The van der Waals surface area contributed by atoms with Crippen LogP contribution in [-0.4, -0.2) is 51.5 Å². The van der Waals surface area contributed by atoms with Gasteiger partial charge in [-0.3, -0.25) is 9.59 Å². The molecule has 0 atom stereocenters. The summed E-state index contributed by atoms with van der Waals surface area (Å²) in [5, 5.41) is 3.03. The molecule has 5 rings (SSSR count). The number of carbonyl (C=O) groups is 4. The first-order chi connectivity index (χ1) is 24.8. The summed E-state index contributed by atoms with van der Waals surface area (Å²) in [4.78, 5) is 40.3. The minimum Gasteiger partial charge on any atom is -0.497 e. The first-order valence-corrected chi connectivity index (χ1v) is 16.4. The molecule has 5 aromatic carbocycles. The quantitative estimate of drug-likeness (QED) is 0.167. The fourth-order valence-electron chi connectivity index (χ4n) is 3.67. The van der Waals surface area contributed by atoms with Gasteiger partial charge in [-0.05, 0) is 113 Å². The van der Waals surface area contributed by atoms with Gasteiger partial charge in [-0.1, -0.05) is 72.8 Å². The number of ketones is 4. The number of para-hydroxylation sites is 1. The molecule has 276 valence electrons. The third kappa shape index (κ3) is 22.6. The second-order valence-electron chi connectivity index (χ2n) is 11.1. The number of rotatable bonds is 7. The maximum atomic E-state index is 10.8. The van der Waals surface area contributed by atoms with Crippen LogP contribution >= 0.6 is 0 Å². The van der Waals surface area contributed by atoms with Crippen LogP contribution in [0.1, 0.15) is 62.3 Å². The van der Waals surface area contributed by atoms with Crippen molar-refractivity contribution in [2.24, 2.45) is 0 Å². The highest BCUT2D eigenvalue weighted by Crippen LogP contribution is 2.24. The smallest absolute Gasteiger partial charge is 0.159 e. The number of methoxy groups -OCH3 is 3. The Balaban J connectivity index is 0.000000641. The highest BCUT2D eigenvalue weighted by molar-refractivity contribution is 5.94. The van der Waals surface area contributed by atoms with Crippen molar-refractivity contribution in [1.82, 2.24) is 0 Å². The zero-order valence-corrected chi connectivity index (χ0v) is 32.1. The molecule has 0 spiro atoms. The van der Waals surface area contributed by atoms with E-state index in [1.54, 1.807) is 59.4 Å². The van der Waals surface area contributed by atoms with Gasteiger partial charge in [-0.2, -0.15) is 0 Å². The molecule has 0 radical (unpaired) electrons. The van der Waals surface area contributed by atoms with E-state index in [4.69, 9.17) is 14.2 Å². The maximum Gasteiger partial charge on any atom is 0.159 e. The highest BCUT2D eigenvalue weighted by atomic mass is 16.5. The molecule has 52 heavy (non-hydrogen) atoms. The topological polar surface area (TPSA) is 108 Å². The number of ether oxygens (including phenoxy) is 3. The van der Waals surface area contributed by atoms with Crippen molar-refractivity contribution in [3.8, 4) is 28.4 Å².